The van der Waals surface area contributed by atoms with E-state index in [0.29, 0.717) is 6.54 Å². The Bertz CT molecular complexity index is 871. The lowest BCUT2D eigenvalue weighted by Gasteiger charge is -2.08. The first kappa shape index (κ1) is 17.8. The van der Waals surface area contributed by atoms with Crippen molar-refractivity contribution in [2.24, 2.45) is 0 Å². The molecule has 0 aliphatic heterocycles. The Morgan fingerprint density at radius 2 is 2.04 bits per heavy atom. The fourth-order valence-corrected chi connectivity index (χ4v) is 2.97. The minimum absolute atomic E-state index is 0.217. The number of amides is 2. The van der Waals surface area contributed by atoms with E-state index in [9.17, 15) is 4.79 Å². The average molecular weight is 352 g/mol. The van der Waals surface area contributed by atoms with Crippen LogP contribution in [0.15, 0.2) is 48.8 Å². The van der Waals surface area contributed by atoms with Gasteiger partial charge in [0, 0.05) is 36.6 Å². The van der Waals surface area contributed by atoms with Crippen molar-refractivity contribution in [2.75, 3.05) is 19.0 Å². The molecule has 0 saturated carbocycles. The van der Waals surface area contributed by atoms with E-state index in [-0.39, 0.29) is 6.03 Å². The smallest absolute Gasteiger partial charge is 0.319 e. The van der Waals surface area contributed by atoms with Crippen LogP contribution in [0, 0.1) is 0 Å². The number of ether oxygens (including phenoxy) is 1. The van der Waals surface area contributed by atoms with Gasteiger partial charge in [-0.05, 0) is 54.8 Å². The van der Waals surface area contributed by atoms with Gasteiger partial charge in [-0.25, -0.2) is 9.78 Å². The normalized spacial score (nSPS) is 10.7. The third-order valence-electron chi connectivity index (χ3n) is 4.21. The zero-order chi connectivity index (χ0) is 18.4. The van der Waals surface area contributed by atoms with Gasteiger partial charge in [0.05, 0.1) is 7.11 Å². The van der Waals surface area contributed by atoms with Crippen molar-refractivity contribution in [2.45, 2.75) is 26.3 Å². The molecular formula is C20H24N4O2. The Hall–Kier alpha value is -3.02. The Labute approximate surface area is 153 Å². The number of nitrogens with zero attached hydrogens (tertiary/aromatic N) is 2. The summed E-state index contributed by atoms with van der Waals surface area (Å²) in [6.07, 6.45) is 5.78. The molecule has 0 bridgehead atoms. The number of benzene rings is 1. The van der Waals surface area contributed by atoms with Crippen LogP contribution in [0.25, 0.3) is 11.0 Å². The largest absolute Gasteiger partial charge is 0.497 e. The van der Waals surface area contributed by atoms with Gasteiger partial charge in [-0.3, -0.25) is 0 Å². The second-order valence-corrected chi connectivity index (χ2v) is 6.08. The molecule has 136 valence electrons. The molecule has 0 fully saturated rings. The number of urea groups is 1. The Morgan fingerprint density at radius 3 is 2.77 bits per heavy atom. The van der Waals surface area contributed by atoms with Crippen molar-refractivity contribution >= 4 is 22.8 Å². The monoisotopic (exact) mass is 352 g/mol. The van der Waals surface area contributed by atoms with E-state index < -0.39 is 0 Å². The fourth-order valence-electron chi connectivity index (χ4n) is 2.97. The summed E-state index contributed by atoms with van der Waals surface area (Å²) in [7, 11) is 1.61. The molecular weight excluding hydrogens is 328 g/mol. The summed E-state index contributed by atoms with van der Waals surface area (Å²) in [6, 6.07) is 11.1. The SMILES string of the molecule is CCCn1cc(CCNC(=O)Nc2ccc(OC)cc2)c2cccnc21. The predicted molar refractivity (Wildman–Crippen MR) is 104 cm³/mol. The third kappa shape index (κ3) is 4.14. The number of fused-ring (bicyclic) bond motifs is 1. The highest BCUT2D eigenvalue weighted by Crippen LogP contribution is 2.20. The number of methoxy groups -OCH3 is 1. The van der Waals surface area contributed by atoms with Gasteiger partial charge in [-0.1, -0.05) is 6.92 Å². The number of nitrogens with one attached hydrogen (secondary N) is 2. The van der Waals surface area contributed by atoms with Gasteiger partial charge >= 0.3 is 6.03 Å². The lowest BCUT2D eigenvalue weighted by Crippen LogP contribution is -2.30. The van der Waals surface area contributed by atoms with Crippen LogP contribution in [0.1, 0.15) is 18.9 Å². The van der Waals surface area contributed by atoms with Crippen molar-refractivity contribution in [3.8, 4) is 5.75 Å². The lowest BCUT2D eigenvalue weighted by molar-refractivity contribution is 0.252. The number of carbonyl (C=O) groups excluding carboxylic acids is 1. The maximum atomic E-state index is 12.1. The molecule has 0 atom stereocenters. The van der Waals surface area contributed by atoms with Gasteiger partial charge in [-0.15, -0.1) is 0 Å². The molecule has 3 aromatic rings. The van der Waals surface area contributed by atoms with Gasteiger partial charge in [-0.2, -0.15) is 0 Å². The van der Waals surface area contributed by atoms with Gasteiger partial charge in [0.2, 0.25) is 0 Å². The van der Waals surface area contributed by atoms with Crippen LogP contribution in [-0.4, -0.2) is 29.2 Å². The van der Waals surface area contributed by atoms with E-state index in [1.807, 2.05) is 36.5 Å². The standard InChI is InChI=1S/C20H24N4O2/c1-3-13-24-14-15(18-5-4-11-21-19(18)24)10-12-22-20(25)23-16-6-8-17(26-2)9-7-16/h4-9,11,14H,3,10,12-13H2,1-2H3,(H2,22,23,25). The van der Waals surface area contributed by atoms with Crippen molar-refractivity contribution in [1.82, 2.24) is 14.9 Å². The molecule has 2 amide bonds. The number of hydrogen-bond donors (Lipinski definition) is 2. The first-order valence-electron chi connectivity index (χ1n) is 8.83. The quantitative estimate of drug-likeness (QED) is 0.679. The van der Waals surface area contributed by atoms with Crippen LogP contribution in [0.4, 0.5) is 10.5 Å². The number of aromatic nitrogens is 2. The molecule has 2 aromatic heterocycles. The first-order valence-corrected chi connectivity index (χ1v) is 8.83. The van der Waals surface area contributed by atoms with E-state index in [1.165, 1.54) is 5.56 Å². The van der Waals surface area contributed by atoms with Crippen LogP contribution >= 0.6 is 0 Å². The number of anilines is 1. The molecule has 0 radical (unpaired) electrons. The Morgan fingerprint density at radius 1 is 1.23 bits per heavy atom. The highest BCUT2D eigenvalue weighted by atomic mass is 16.5. The van der Waals surface area contributed by atoms with Crippen LogP contribution in [-0.2, 0) is 13.0 Å². The Kier molecular flexibility index (Phi) is 5.73. The number of carbonyl (C=O) groups is 1. The summed E-state index contributed by atoms with van der Waals surface area (Å²) in [5, 5.41) is 6.87. The predicted octanol–water partition coefficient (Wildman–Crippen LogP) is 3.82. The molecule has 3 rings (SSSR count). The summed E-state index contributed by atoms with van der Waals surface area (Å²) in [5.41, 5.74) is 2.94. The van der Waals surface area contributed by atoms with Crippen molar-refractivity contribution in [3.63, 3.8) is 0 Å². The van der Waals surface area contributed by atoms with Crippen LogP contribution in [0.2, 0.25) is 0 Å². The van der Waals surface area contributed by atoms with Gasteiger partial charge < -0.3 is 19.9 Å². The van der Waals surface area contributed by atoms with E-state index in [4.69, 9.17) is 4.74 Å². The van der Waals surface area contributed by atoms with E-state index >= 15 is 0 Å². The van der Waals surface area contributed by atoms with Crippen molar-refractivity contribution < 1.29 is 9.53 Å². The summed E-state index contributed by atoms with van der Waals surface area (Å²) >= 11 is 0. The van der Waals surface area contributed by atoms with E-state index in [1.54, 1.807) is 7.11 Å². The maximum absolute atomic E-state index is 12.1. The van der Waals surface area contributed by atoms with Gasteiger partial charge in [0.25, 0.3) is 0 Å². The minimum Gasteiger partial charge on any atom is -0.497 e. The fraction of sp³-hybridized carbons (Fsp3) is 0.300. The zero-order valence-corrected chi connectivity index (χ0v) is 15.2. The molecule has 2 heterocycles. The third-order valence-corrected chi connectivity index (χ3v) is 4.21. The van der Waals surface area contributed by atoms with Gasteiger partial charge in [0.15, 0.2) is 0 Å². The summed E-state index contributed by atoms with van der Waals surface area (Å²) in [4.78, 5) is 16.5. The Balaban J connectivity index is 1.57. The molecule has 2 N–H and O–H groups in total. The number of pyridine rings is 1. The highest BCUT2D eigenvalue weighted by Gasteiger charge is 2.09. The molecule has 26 heavy (non-hydrogen) atoms. The average Bonchev–Trinajstić information content (AvgIpc) is 3.01. The van der Waals surface area contributed by atoms with Crippen LogP contribution < -0.4 is 15.4 Å². The number of rotatable bonds is 7. The van der Waals surface area contributed by atoms with E-state index in [0.717, 1.165) is 41.9 Å². The van der Waals surface area contributed by atoms with Crippen molar-refractivity contribution in [3.05, 3.63) is 54.4 Å². The first-order chi connectivity index (χ1) is 12.7. The molecule has 0 aliphatic rings. The van der Waals surface area contributed by atoms with Crippen LogP contribution in [0.5, 0.6) is 5.75 Å². The molecule has 1 aromatic carbocycles. The number of aryl methyl sites for hydroxylation is 1. The van der Waals surface area contributed by atoms with Crippen molar-refractivity contribution in [1.29, 1.82) is 0 Å². The molecule has 0 saturated heterocycles. The zero-order valence-electron chi connectivity index (χ0n) is 15.2. The summed E-state index contributed by atoms with van der Waals surface area (Å²) in [6.45, 7) is 3.65. The molecule has 6 heteroatoms. The summed E-state index contributed by atoms with van der Waals surface area (Å²) < 4.78 is 7.29. The second kappa shape index (κ2) is 8.38. The van der Waals surface area contributed by atoms with Crippen LogP contribution in [0.3, 0.4) is 0 Å². The molecule has 0 spiro atoms. The van der Waals surface area contributed by atoms with Gasteiger partial charge in [0.1, 0.15) is 11.4 Å². The summed E-state index contributed by atoms with van der Waals surface area (Å²) in [5.74, 6) is 0.757. The minimum atomic E-state index is -0.217. The highest BCUT2D eigenvalue weighted by molar-refractivity contribution is 5.89. The molecule has 0 aliphatic carbocycles. The molecule has 6 nitrogen and oxygen atoms in total. The number of hydrogen-bond acceptors (Lipinski definition) is 3. The van der Waals surface area contributed by atoms with E-state index in [2.05, 4.69) is 39.4 Å². The second-order valence-electron chi connectivity index (χ2n) is 6.08. The maximum Gasteiger partial charge on any atom is 0.319 e. The lowest BCUT2D eigenvalue weighted by atomic mass is 10.1. The molecule has 0 unspecified atom stereocenters. The topological polar surface area (TPSA) is 68.2 Å².